The number of aliphatic imine (C=N–C) groups is 1. The topological polar surface area (TPSA) is 71.7 Å². The number of hydrogen-bond donors (Lipinski definition) is 3. The largest absolute Gasteiger partial charge is 0.491 e. The highest BCUT2D eigenvalue weighted by Gasteiger charge is 2.05. The highest BCUT2D eigenvalue weighted by atomic mass is 19.1. The smallest absolute Gasteiger partial charge is 0.215 e. The second kappa shape index (κ2) is 7.25. The van der Waals surface area contributed by atoms with Crippen LogP contribution in [0, 0.1) is 5.82 Å². The Hall–Kier alpha value is -2.60. The minimum absolute atomic E-state index is 0.213. The van der Waals surface area contributed by atoms with Gasteiger partial charge in [0.15, 0.2) is 11.6 Å². The summed E-state index contributed by atoms with van der Waals surface area (Å²) in [6, 6.07) is 13.8. The zero-order valence-electron chi connectivity index (χ0n) is 11.6. The molecule has 0 aromatic heterocycles. The maximum Gasteiger partial charge on any atom is 0.215 e. The summed E-state index contributed by atoms with van der Waals surface area (Å²) >= 11 is 0. The van der Waals surface area contributed by atoms with Gasteiger partial charge in [-0.25, -0.2) is 15.2 Å². The summed E-state index contributed by atoms with van der Waals surface area (Å²) in [5.41, 5.74) is 3.69. The molecule has 2 aromatic carbocycles. The summed E-state index contributed by atoms with van der Waals surface area (Å²) in [5.74, 6) is 5.50. The summed E-state index contributed by atoms with van der Waals surface area (Å²) < 4.78 is 18.9. The van der Waals surface area contributed by atoms with E-state index in [1.54, 1.807) is 19.1 Å². The lowest BCUT2D eigenvalue weighted by molar-refractivity contribution is 0.321. The van der Waals surface area contributed by atoms with E-state index in [0.717, 1.165) is 5.69 Å². The molecule has 0 heterocycles. The van der Waals surface area contributed by atoms with Crippen molar-refractivity contribution in [2.24, 2.45) is 10.8 Å². The molecule has 0 amide bonds. The maximum atomic E-state index is 13.8. The van der Waals surface area contributed by atoms with E-state index in [-0.39, 0.29) is 5.75 Å². The second-order valence-electron chi connectivity index (χ2n) is 4.14. The fourth-order valence-corrected chi connectivity index (χ4v) is 1.72. The third-order valence-corrected chi connectivity index (χ3v) is 2.63. The van der Waals surface area contributed by atoms with E-state index in [9.17, 15) is 4.39 Å². The van der Waals surface area contributed by atoms with Gasteiger partial charge in [0.05, 0.1) is 12.3 Å². The Morgan fingerprint density at radius 2 is 2.00 bits per heavy atom. The Balaban J connectivity index is 2.15. The molecule has 0 saturated heterocycles. The van der Waals surface area contributed by atoms with Crippen LogP contribution in [0.2, 0.25) is 0 Å². The van der Waals surface area contributed by atoms with Crippen LogP contribution in [0.4, 0.5) is 15.8 Å². The number of para-hydroxylation sites is 1. The molecule has 0 unspecified atom stereocenters. The van der Waals surface area contributed by atoms with Crippen LogP contribution in [0.5, 0.6) is 5.75 Å². The zero-order valence-corrected chi connectivity index (χ0v) is 11.6. The molecule has 0 radical (unpaired) electrons. The predicted octanol–water partition coefficient (Wildman–Crippen LogP) is 2.79. The average Bonchev–Trinajstić information content (AvgIpc) is 2.50. The van der Waals surface area contributed by atoms with E-state index in [2.05, 4.69) is 15.7 Å². The highest BCUT2D eigenvalue weighted by molar-refractivity contribution is 5.94. The summed E-state index contributed by atoms with van der Waals surface area (Å²) in [6.07, 6.45) is 0. The van der Waals surface area contributed by atoms with Crippen molar-refractivity contribution in [2.75, 3.05) is 11.9 Å². The van der Waals surface area contributed by atoms with Crippen molar-refractivity contribution in [3.8, 4) is 5.75 Å². The van der Waals surface area contributed by atoms with Crippen LogP contribution < -0.4 is 21.3 Å². The van der Waals surface area contributed by atoms with Gasteiger partial charge in [0.2, 0.25) is 5.96 Å². The van der Waals surface area contributed by atoms with Crippen molar-refractivity contribution >= 4 is 17.3 Å². The van der Waals surface area contributed by atoms with Gasteiger partial charge in [-0.3, -0.25) is 5.43 Å². The number of benzene rings is 2. The molecule has 0 aliphatic carbocycles. The minimum atomic E-state index is -0.446. The number of ether oxygens (including phenoxy) is 1. The van der Waals surface area contributed by atoms with Crippen molar-refractivity contribution in [3.05, 3.63) is 54.3 Å². The molecule has 0 bridgehead atoms. The predicted molar refractivity (Wildman–Crippen MR) is 82.1 cm³/mol. The summed E-state index contributed by atoms with van der Waals surface area (Å²) in [5, 5.41) is 2.91. The first-order valence-electron chi connectivity index (χ1n) is 6.52. The summed E-state index contributed by atoms with van der Waals surface area (Å²) in [6.45, 7) is 2.21. The van der Waals surface area contributed by atoms with Gasteiger partial charge < -0.3 is 10.1 Å². The van der Waals surface area contributed by atoms with Crippen LogP contribution in [-0.4, -0.2) is 12.6 Å². The van der Waals surface area contributed by atoms with Crippen LogP contribution in [0.3, 0.4) is 0 Å². The molecule has 0 atom stereocenters. The lowest BCUT2D eigenvalue weighted by atomic mass is 10.3. The van der Waals surface area contributed by atoms with Gasteiger partial charge in [0, 0.05) is 11.8 Å². The monoisotopic (exact) mass is 288 g/mol. The Bertz CT molecular complexity index is 616. The van der Waals surface area contributed by atoms with Gasteiger partial charge in [-0.2, -0.15) is 0 Å². The number of nitrogens with zero attached hydrogens (tertiary/aromatic N) is 1. The van der Waals surface area contributed by atoms with E-state index in [4.69, 9.17) is 10.6 Å². The fourth-order valence-electron chi connectivity index (χ4n) is 1.72. The van der Waals surface area contributed by atoms with Gasteiger partial charge in [0.1, 0.15) is 0 Å². The molecule has 21 heavy (non-hydrogen) atoms. The maximum absolute atomic E-state index is 13.8. The molecule has 6 heteroatoms. The second-order valence-corrected chi connectivity index (χ2v) is 4.14. The van der Waals surface area contributed by atoms with Crippen molar-refractivity contribution < 1.29 is 9.13 Å². The Kier molecular flexibility index (Phi) is 5.11. The Morgan fingerprint density at radius 3 is 2.62 bits per heavy atom. The normalized spacial score (nSPS) is 11.1. The molecule has 0 aliphatic heterocycles. The number of halogens is 1. The number of rotatable bonds is 4. The van der Waals surface area contributed by atoms with Crippen molar-refractivity contribution in [3.63, 3.8) is 0 Å². The molecule has 0 saturated carbocycles. The Labute approximate surface area is 122 Å². The van der Waals surface area contributed by atoms with Gasteiger partial charge >= 0.3 is 0 Å². The standard InChI is InChI=1S/C15H17FN4O/c1-2-21-14-9-8-12(10-13(14)16)19-15(20-17)18-11-6-4-3-5-7-11/h3-10H,2,17H2,1H3,(H2,18,19,20). The van der Waals surface area contributed by atoms with Crippen molar-refractivity contribution in [2.45, 2.75) is 6.92 Å². The Morgan fingerprint density at radius 1 is 1.24 bits per heavy atom. The minimum Gasteiger partial charge on any atom is -0.491 e. The van der Waals surface area contributed by atoms with E-state index >= 15 is 0 Å². The molecule has 2 rings (SSSR count). The quantitative estimate of drug-likeness (QED) is 0.350. The first kappa shape index (κ1) is 14.8. The SMILES string of the molecule is CCOc1ccc(NC(=Nc2ccccc2)NN)cc1F. The molecule has 2 aromatic rings. The fraction of sp³-hybridized carbons (Fsp3) is 0.133. The summed E-state index contributed by atoms with van der Waals surface area (Å²) in [4.78, 5) is 4.28. The number of hydrazine groups is 1. The first-order chi connectivity index (χ1) is 10.2. The lowest BCUT2D eigenvalue weighted by Crippen LogP contribution is -2.36. The molecule has 0 aliphatic rings. The molecule has 110 valence electrons. The van der Waals surface area contributed by atoms with Crippen LogP contribution >= 0.6 is 0 Å². The number of nitrogens with two attached hydrogens (primary N) is 1. The highest BCUT2D eigenvalue weighted by Crippen LogP contribution is 2.21. The van der Waals surface area contributed by atoms with Gasteiger partial charge in [-0.1, -0.05) is 18.2 Å². The molecule has 0 spiro atoms. The third kappa shape index (κ3) is 4.19. The summed E-state index contributed by atoms with van der Waals surface area (Å²) in [7, 11) is 0. The number of nitrogens with one attached hydrogen (secondary N) is 2. The van der Waals surface area contributed by atoms with E-state index < -0.39 is 5.82 Å². The first-order valence-corrected chi connectivity index (χ1v) is 6.52. The van der Waals surface area contributed by atoms with E-state index in [1.165, 1.54) is 6.07 Å². The van der Waals surface area contributed by atoms with Crippen LogP contribution in [0.1, 0.15) is 6.92 Å². The number of guanidine groups is 1. The lowest BCUT2D eigenvalue weighted by Gasteiger charge is -2.11. The number of hydrogen-bond acceptors (Lipinski definition) is 3. The van der Waals surface area contributed by atoms with E-state index in [1.807, 2.05) is 30.3 Å². The van der Waals surface area contributed by atoms with Crippen LogP contribution in [-0.2, 0) is 0 Å². The van der Waals surface area contributed by atoms with Crippen molar-refractivity contribution in [1.82, 2.24) is 5.43 Å². The molecule has 5 nitrogen and oxygen atoms in total. The van der Waals surface area contributed by atoms with Crippen LogP contribution in [0.15, 0.2) is 53.5 Å². The van der Waals surface area contributed by atoms with Gasteiger partial charge in [-0.15, -0.1) is 0 Å². The molecule has 0 fully saturated rings. The molecular weight excluding hydrogens is 271 g/mol. The third-order valence-electron chi connectivity index (χ3n) is 2.63. The van der Waals surface area contributed by atoms with Crippen molar-refractivity contribution in [1.29, 1.82) is 0 Å². The van der Waals surface area contributed by atoms with Gasteiger partial charge in [0.25, 0.3) is 0 Å². The average molecular weight is 288 g/mol. The molecule has 4 N–H and O–H groups in total. The zero-order chi connectivity index (χ0) is 15.1. The van der Waals surface area contributed by atoms with Crippen LogP contribution in [0.25, 0.3) is 0 Å². The molecular formula is C15H17FN4O. The van der Waals surface area contributed by atoms with Gasteiger partial charge in [-0.05, 0) is 31.2 Å². The number of anilines is 1. The van der Waals surface area contributed by atoms with E-state index in [0.29, 0.717) is 18.3 Å².